The summed E-state index contributed by atoms with van der Waals surface area (Å²) in [7, 11) is 0. The number of rotatable bonds is 9. The molecule has 0 aliphatic rings. The van der Waals surface area contributed by atoms with Gasteiger partial charge < -0.3 is 14.8 Å². The molecule has 1 aromatic heterocycles. The highest BCUT2D eigenvalue weighted by molar-refractivity contribution is 9.10. The Labute approximate surface area is 185 Å². The SMILES string of the molecule is CCCN(CCC)C(=O)Cn1c(CNC(=O)c2cccc(Br)c2)nc2ccccc21. The molecule has 3 rings (SSSR count). The summed E-state index contributed by atoms with van der Waals surface area (Å²) in [5.74, 6) is 0.557. The number of imidazole rings is 1. The molecule has 0 spiro atoms. The Morgan fingerprint density at radius 1 is 1.07 bits per heavy atom. The molecule has 1 heterocycles. The van der Waals surface area contributed by atoms with Gasteiger partial charge in [-0.05, 0) is 43.2 Å². The topological polar surface area (TPSA) is 67.2 Å². The van der Waals surface area contributed by atoms with Gasteiger partial charge >= 0.3 is 0 Å². The van der Waals surface area contributed by atoms with Crippen LogP contribution < -0.4 is 5.32 Å². The number of carbonyl (C=O) groups is 2. The van der Waals surface area contributed by atoms with Crippen molar-refractivity contribution in [2.45, 2.75) is 39.8 Å². The number of amides is 2. The molecule has 0 bridgehead atoms. The minimum atomic E-state index is -0.181. The zero-order valence-electron chi connectivity index (χ0n) is 17.4. The Morgan fingerprint density at radius 2 is 1.80 bits per heavy atom. The molecule has 0 atom stereocenters. The van der Waals surface area contributed by atoms with Crippen molar-refractivity contribution in [2.75, 3.05) is 13.1 Å². The van der Waals surface area contributed by atoms with Crippen molar-refractivity contribution >= 4 is 38.8 Å². The van der Waals surface area contributed by atoms with Gasteiger partial charge in [0.15, 0.2) is 0 Å². The van der Waals surface area contributed by atoms with Gasteiger partial charge in [0, 0.05) is 23.1 Å². The summed E-state index contributed by atoms with van der Waals surface area (Å²) in [4.78, 5) is 32.1. The number of hydrogen-bond donors (Lipinski definition) is 1. The monoisotopic (exact) mass is 470 g/mol. The Bertz CT molecular complexity index is 1020. The molecule has 3 aromatic rings. The summed E-state index contributed by atoms with van der Waals surface area (Å²) in [6.45, 7) is 6.09. The molecule has 30 heavy (non-hydrogen) atoms. The summed E-state index contributed by atoms with van der Waals surface area (Å²) >= 11 is 3.39. The van der Waals surface area contributed by atoms with Gasteiger partial charge in [-0.15, -0.1) is 0 Å². The number of fused-ring (bicyclic) bond motifs is 1. The van der Waals surface area contributed by atoms with Gasteiger partial charge in [-0.2, -0.15) is 0 Å². The molecule has 6 nitrogen and oxygen atoms in total. The summed E-state index contributed by atoms with van der Waals surface area (Å²) in [5.41, 5.74) is 2.28. The molecule has 0 saturated heterocycles. The van der Waals surface area contributed by atoms with Crippen LogP contribution in [-0.2, 0) is 17.9 Å². The van der Waals surface area contributed by atoms with E-state index in [9.17, 15) is 9.59 Å². The van der Waals surface area contributed by atoms with Crippen molar-refractivity contribution in [3.05, 3.63) is 64.4 Å². The second-order valence-electron chi connectivity index (χ2n) is 7.18. The number of nitrogens with zero attached hydrogens (tertiary/aromatic N) is 3. The Hall–Kier alpha value is -2.67. The van der Waals surface area contributed by atoms with Crippen LogP contribution >= 0.6 is 15.9 Å². The molecule has 0 saturated carbocycles. The maximum Gasteiger partial charge on any atom is 0.251 e. The molecule has 2 aromatic carbocycles. The second-order valence-corrected chi connectivity index (χ2v) is 8.09. The molecule has 0 aliphatic carbocycles. The number of halogens is 1. The van der Waals surface area contributed by atoms with Crippen molar-refractivity contribution in [3.8, 4) is 0 Å². The molecule has 0 aliphatic heterocycles. The first-order valence-corrected chi connectivity index (χ1v) is 11.1. The van der Waals surface area contributed by atoms with E-state index < -0.39 is 0 Å². The van der Waals surface area contributed by atoms with E-state index in [0.29, 0.717) is 11.4 Å². The lowest BCUT2D eigenvalue weighted by Gasteiger charge is -2.22. The van der Waals surface area contributed by atoms with Gasteiger partial charge in [0.1, 0.15) is 12.4 Å². The van der Waals surface area contributed by atoms with Crippen LogP contribution in [0.15, 0.2) is 53.0 Å². The van der Waals surface area contributed by atoms with Crippen molar-refractivity contribution in [3.63, 3.8) is 0 Å². The van der Waals surface area contributed by atoms with Crippen LogP contribution in [0.3, 0.4) is 0 Å². The van der Waals surface area contributed by atoms with E-state index in [4.69, 9.17) is 0 Å². The highest BCUT2D eigenvalue weighted by Crippen LogP contribution is 2.17. The highest BCUT2D eigenvalue weighted by Gasteiger charge is 2.18. The first kappa shape index (κ1) is 22.0. The highest BCUT2D eigenvalue weighted by atomic mass is 79.9. The van der Waals surface area contributed by atoms with E-state index in [1.807, 2.05) is 45.9 Å². The van der Waals surface area contributed by atoms with Crippen molar-refractivity contribution in [1.82, 2.24) is 19.8 Å². The predicted octanol–water partition coefficient (Wildman–Crippen LogP) is 4.38. The third kappa shape index (κ3) is 5.27. The predicted molar refractivity (Wildman–Crippen MR) is 122 cm³/mol. The summed E-state index contributed by atoms with van der Waals surface area (Å²) in [6.07, 6.45) is 1.85. The summed E-state index contributed by atoms with van der Waals surface area (Å²) in [5, 5.41) is 2.93. The molecular weight excluding hydrogens is 444 g/mol. The first-order chi connectivity index (χ1) is 14.5. The van der Waals surface area contributed by atoms with Gasteiger partial charge in [-0.3, -0.25) is 9.59 Å². The lowest BCUT2D eigenvalue weighted by Crippen LogP contribution is -2.35. The fourth-order valence-electron chi connectivity index (χ4n) is 3.46. The first-order valence-electron chi connectivity index (χ1n) is 10.3. The van der Waals surface area contributed by atoms with Gasteiger partial charge in [0.05, 0.1) is 17.6 Å². The van der Waals surface area contributed by atoms with E-state index in [-0.39, 0.29) is 24.9 Å². The Kier molecular flexibility index (Phi) is 7.63. The van der Waals surface area contributed by atoms with E-state index in [2.05, 4.69) is 40.1 Å². The number of aromatic nitrogens is 2. The van der Waals surface area contributed by atoms with Crippen molar-refractivity contribution in [1.29, 1.82) is 0 Å². The third-order valence-corrected chi connectivity index (χ3v) is 5.35. The lowest BCUT2D eigenvalue weighted by atomic mass is 10.2. The largest absolute Gasteiger partial charge is 0.345 e. The van der Waals surface area contributed by atoms with Gasteiger partial charge in [0.2, 0.25) is 5.91 Å². The molecule has 0 radical (unpaired) electrons. The zero-order valence-corrected chi connectivity index (χ0v) is 19.0. The molecule has 0 unspecified atom stereocenters. The molecule has 2 amide bonds. The Balaban J connectivity index is 1.82. The molecule has 7 heteroatoms. The third-order valence-electron chi connectivity index (χ3n) is 4.86. The zero-order chi connectivity index (χ0) is 21.5. The van der Waals surface area contributed by atoms with Crippen molar-refractivity contribution < 1.29 is 9.59 Å². The van der Waals surface area contributed by atoms with E-state index >= 15 is 0 Å². The fourth-order valence-corrected chi connectivity index (χ4v) is 3.86. The van der Waals surface area contributed by atoms with Crippen LogP contribution in [0.4, 0.5) is 0 Å². The quantitative estimate of drug-likeness (QED) is 0.504. The number of carbonyl (C=O) groups excluding carboxylic acids is 2. The van der Waals surface area contributed by atoms with Crippen LogP contribution in [0.2, 0.25) is 0 Å². The van der Waals surface area contributed by atoms with Crippen molar-refractivity contribution in [2.24, 2.45) is 0 Å². The lowest BCUT2D eigenvalue weighted by molar-refractivity contribution is -0.131. The minimum absolute atomic E-state index is 0.0708. The number of hydrogen-bond acceptors (Lipinski definition) is 3. The molecular formula is C23H27BrN4O2. The molecule has 1 N–H and O–H groups in total. The maximum absolute atomic E-state index is 13.0. The average molecular weight is 471 g/mol. The van der Waals surface area contributed by atoms with Gasteiger partial charge in [-0.25, -0.2) is 4.98 Å². The number of para-hydroxylation sites is 2. The van der Waals surface area contributed by atoms with Crippen LogP contribution in [0.1, 0.15) is 42.9 Å². The number of benzene rings is 2. The molecule has 0 fully saturated rings. The summed E-state index contributed by atoms with van der Waals surface area (Å²) < 4.78 is 2.76. The smallest absolute Gasteiger partial charge is 0.251 e. The number of nitrogens with one attached hydrogen (secondary N) is 1. The van der Waals surface area contributed by atoms with E-state index in [1.54, 1.807) is 12.1 Å². The van der Waals surface area contributed by atoms with E-state index in [1.165, 1.54) is 0 Å². The van der Waals surface area contributed by atoms with Crippen LogP contribution in [-0.4, -0.2) is 39.4 Å². The van der Waals surface area contributed by atoms with E-state index in [0.717, 1.165) is 41.4 Å². The van der Waals surface area contributed by atoms with Crippen LogP contribution in [0.5, 0.6) is 0 Å². The standard InChI is InChI=1S/C23H27BrN4O2/c1-3-12-27(13-4-2)22(29)16-28-20-11-6-5-10-19(20)26-21(28)15-25-23(30)17-8-7-9-18(24)14-17/h5-11,14H,3-4,12-13,15-16H2,1-2H3,(H,25,30). The van der Waals surface area contributed by atoms with Crippen LogP contribution in [0.25, 0.3) is 11.0 Å². The minimum Gasteiger partial charge on any atom is -0.345 e. The fraction of sp³-hybridized carbons (Fsp3) is 0.348. The van der Waals surface area contributed by atoms with Gasteiger partial charge in [0.25, 0.3) is 5.91 Å². The maximum atomic E-state index is 13.0. The molecule has 158 valence electrons. The average Bonchev–Trinajstić information content (AvgIpc) is 3.09. The van der Waals surface area contributed by atoms with Crippen LogP contribution in [0, 0.1) is 0 Å². The second kappa shape index (κ2) is 10.4. The Morgan fingerprint density at radius 3 is 2.50 bits per heavy atom. The van der Waals surface area contributed by atoms with Gasteiger partial charge in [-0.1, -0.05) is 48.0 Å². The normalized spacial score (nSPS) is 10.9. The summed E-state index contributed by atoms with van der Waals surface area (Å²) in [6, 6.07) is 15.0.